The first-order chi connectivity index (χ1) is 11.9. The number of carbonyl (C=O) groups excluding carboxylic acids is 2. The van der Waals surface area contributed by atoms with Crippen LogP contribution in [0.3, 0.4) is 0 Å². The molecular weight excluding hydrogens is 346 g/mol. The predicted octanol–water partition coefficient (Wildman–Crippen LogP) is -0.431. The van der Waals surface area contributed by atoms with Crippen molar-refractivity contribution < 1.29 is 18.0 Å². The van der Waals surface area contributed by atoms with Crippen molar-refractivity contribution in [3.63, 3.8) is 0 Å². The van der Waals surface area contributed by atoms with Crippen molar-refractivity contribution in [2.45, 2.75) is 38.6 Å². The van der Waals surface area contributed by atoms with Crippen molar-refractivity contribution in [2.75, 3.05) is 46.3 Å². The monoisotopic (exact) mass is 375 g/mol. The van der Waals surface area contributed by atoms with E-state index in [0.29, 0.717) is 39.3 Å². The number of nitrogens with one attached hydrogen (secondary N) is 2. The Kier molecular flexibility index (Phi) is 7.17. The second-order valence-corrected chi connectivity index (χ2v) is 8.43. The molecule has 0 aromatic rings. The molecule has 144 valence electrons. The molecule has 3 amide bonds. The second-order valence-electron chi connectivity index (χ2n) is 6.50. The lowest BCUT2D eigenvalue weighted by Gasteiger charge is -2.38. The van der Waals surface area contributed by atoms with Crippen molar-refractivity contribution in [2.24, 2.45) is 0 Å². The maximum Gasteiger partial charge on any atom is 0.321 e. The summed E-state index contributed by atoms with van der Waals surface area (Å²) in [6, 6.07) is -1.03. The van der Waals surface area contributed by atoms with Crippen LogP contribution in [0.4, 0.5) is 4.79 Å². The minimum atomic E-state index is -3.43. The summed E-state index contributed by atoms with van der Waals surface area (Å²) < 4.78 is 28.7. The highest BCUT2D eigenvalue weighted by atomic mass is 32.2. The number of hydrogen-bond acceptors (Lipinski definition) is 5. The summed E-state index contributed by atoms with van der Waals surface area (Å²) in [5.74, 6) is -0.386. The van der Waals surface area contributed by atoms with Gasteiger partial charge in [-0.3, -0.25) is 15.0 Å². The van der Waals surface area contributed by atoms with Gasteiger partial charge in [-0.25, -0.2) is 4.79 Å². The van der Waals surface area contributed by atoms with Crippen LogP contribution in [0.5, 0.6) is 0 Å². The molecule has 0 spiro atoms. The summed E-state index contributed by atoms with van der Waals surface area (Å²) in [5.41, 5.74) is 0. The van der Waals surface area contributed by atoms with Gasteiger partial charge in [0.1, 0.15) is 0 Å². The fraction of sp³-hybridized carbons (Fsp3) is 0.867. The predicted molar refractivity (Wildman–Crippen MR) is 94.2 cm³/mol. The molecule has 0 saturated carbocycles. The highest BCUT2D eigenvalue weighted by Gasteiger charge is 2.34. The van der Waals surface area contributed by atoms with E-state index in [0.717, 1.165) is 25.7 Å². The Morgan fingerprint density at radius 3 is 1.92 bits per heavy atom. The molecule has 2 aliphatic heterocycles. The highest BCUT2D eigenvalue weighted by Crippen LogP contribution is 2.18. The first-order valence-electron chi connectivity index (χ1n) is 8.88. The number of carbonyl (C=O) groups is 2. The zero-order valence-electron chi connectivity index (χ0n) is 15.0. The molecule has 1 atom stereocenters. The topological polar surface area (TPSA) is 102 Å². The van der Waals surface area contributed by atoms with Crippen molar-refractivity contribution in [1.82, 2.24) is 24.1 Å². The molecule has 0 bridgehead atoms. The van der Waals surface area contributed by atoms with Crippen LogP contribution in [0.25, 0.3) is 0 Å². The van der Waals surface area contributed by atoms with Gasteiger partial charge < -0.3 is 5.32 Å². The molecule has 0 aromatic heterocycles. The molecule has 2 aliphatic rings. The summed E-state index contributed by atoms with van der Waals surface area (Å²) >= 11 is 0. The third kappa shape index (κ3) is 5.13. The van der Waals surface area contributed by atoms with Crippen LogP contribution in [-0.2, 0) is 15.0 Å². The Labute approximate surface area is 149 Å². The normalized spacial score (nSPS) is 22.8. The molecule has 25 heavy (non-hydrogen) atoms. The maximum absolute atomic E-state index is 12.8. The van der Waals surface area contributed by atoms with Crippen LogP contribution in [0.15, 0.2) is 0 Å². The van der Waals surface area contributed by atoms with Gasteiger partial charge >= 0.3 is 6.03 Å². The summed E-state index contributed by atoms with van der Waals surface area (Å²) in [4.78, 5) is 25.2. The van der Waals surface area contributed by atoms with E-state index < -0.39 is 22.3 Å². The number of rotatable bonds is 4. The van der Waals surface area contributed by atoms with E-state index in [9.17, 15) is 18.0 Å². The Morgan fingerprint density at radius 2 is 1.40 bits per heavy atom. The van der Waals surface area contributed by atoms with Crippen molar-refractivity contribution in [1.29, 1.82) is 0 Å². The molecule has 9 nitrogen and oxygen atoms in total. The zero-order chi connectivity index (χ0) is 18.4. The van der Waals surface area contributed by atoms with Gasteiger partial charge in [-0.05, 0) is 19.8 Å². The number of urea groups is 1. The summed E-state index contributed by atoms with van der Waals surface area (Å²) in [6.45, 7) is 4.55. The van der Waals surface area contributed by atoms with Crippen LogP contribution in [0.2, 0.25) is 0 Å². The average Bonchev–Trinajstić information content (AvgIpc) is 2.91. The molecule has 2 heterocycles. The third-order valence-corrected chi connectivity index (χ3v) is 6.92. The number of amides is 3. The fourth-order valence-electron chi connectivity index (χ4n) is 3.20. The first kappa shape index (κ1) is 20.1. The van der Waals surface area contributed by atoms with Gasteiger partial charge in [0.2, 0.25) is 5.91 Å². The largest absolute Gasteiger partial charge is 0.341 e. The highest BCUT2D eigenvalue weighted by molar-refractivity contribution is 7.86. The molecule has 2 N–H and O–H groups in total. The minimum absolute atomic E-state index is 0.358. The Hall–Kier alpha value is -1.23. The lowest BCUT2D eigenvalue weighted by molar-refractivity contribution is -0.125. The number of hydrogen-bond donors (Lipinski definition) is 2. The Bertz CT molecular complexity index is 566. The number of nitrogens with zero attached hydrogens (tertiary/aromatic N) is 3. The Balaban J connectivity index is 1.89. The van der Waals surface area contributed by atoms with Gasteiger partial charge in [-0.2, -0.15) is 17.0 Å². The fourth-order valence-corrected chi connectivity index (χ4v) is 4.87. The summed E-state index contributed by atoms with van der Waals surface area (Å²) in [7, 11) is -1.98. The SMILES string of the molecule is CNC(=O)NC(=O)[C@H](C)N1CCN(S(=O)(=O)N2CCCCCC2)CC1. The van der Waals surface area contributed by atoms with Crippen molar-refractivity contribution in [3.8, 4) is 0 Å². The molecule has 0 aromatic carbocycles. The van der Waals surface area contributed by atoms with Crippen molar-refractivity contribution in [3.05, 3.63) is 0 Å². The van der Waals surface area contributed by atoms with E-state index in [-0.39, 0.29) is 5.91 Å². The van der Waals surface area contributed by atoms with Gasteiger partial charge in [-0.1, -0.05) is 12.8 Å². The van der Waals surface area contributed by atoms with Crippen LogP contribution in [-0.4, -0.2) is 86.2 Å². The quantitative estimate of drug-likeness (QED) is 0.694. The van der Waals surface area contributed by atoms with E-state index >= 15 is 0 Å². The lowest BCUT2D eigenvalue weighted by Crippen LogP contribution is -2.57. The molecule has 0 aliphatic carbocycles. The molecule has 0 unspecified atom stereocenters. The second kappa shape index (κ2) is 8.93. The molecule has 2 fully saturated rings. The number of piperazine rings is 1. The standard InChI is InChI=1S/C15H29N5O4S/c1-13(14(21)17-15(22)16-2)18-9-11-20(12-10-18)25(23,24)19-7-5-3-4-6-8-19/h13H,3-12H2,1-2H3,(H2,16,17,21,22)/t13-/m0/s1. The molecular formula is C15H29N5O4S. The van der Waals surface area contributed by atoms with E-state index in [1.54, 1.807) is 11.2 Å². The summed E-state index contributed by atoms with van der Waals surface area (Å²) in [5, 5.41) is 4.60. The third-order valence-electron chi connectivity index (χ3n) is 4.88. The van der Waals surface area contributed by atoms with Crippen molar-refractivity contribution >= 4 is 22.1 Å². The van der Waals surface area contributed by atoms with E-state index in [1.165, 1.54) is 11.4 Å². The van der Waals surface area contributed by atoms with Gasteiger partial charge in [0, 0.05) is 46.3 Å². The molecule has 2 saturated heterocycles. The average molecular weight is 375 g/mol. The van der Waals surface area contributed by atoms with Crippen LogP contribution in [0.1, 0.15) is 32.6 Å². The van der Waals surface area contributed by atoms with Crippen LogP contribution >= 0.6 is 0 Å². The smallest absolute Gasteiger partial charge is 0.321 e. The zero-order valence-corrected chi connectivity index (χ0v) is 15.8. The van der Waals surface area contributed by atoms with Gasteiger partial charge in [0.05, 0.1) is 6.04 Å². The van der Waals surface area contributed by atoms with E-state index in [2.05, 4.69) is 10.6 Å². The molecule has 0 radical (unpaired) electrons. The van der Waals surface area contributed by atoms with Crippen LogP contribution in [0, 0.1) is 0 Å². The molecule has 10 heteroatoms. The minimum Gasteiger partial charge on any atom is -0.341 e. The number of imide groups is 1. The van der Waals surface area contributed by atoms with Gasteiger partial charge in [0.25, 0.3) is 10.2 Å². The molecule has 2 rings (SSSR count). The maximum atomic E-state index is 12.8. The summed E-state index contributed by atoms with van der Waals surface area (Å²) in [6.07, 6.45) is 3.99. The van der Waals surface area contributed by atoms with Crippen LogP contribution < -0.4 is 10.6 Å². The first-order valence-corrected chi connectivity index (χ1v) is 10.3. The lowest BCUT2D eigenvalue weighted by atomic mass is 10.2. The van der Waals surface area contributed by atoms with Gasteiger partial charge in [-0.15, -0.1) is 0 Å². The Morgan fingerprint density at radius 1 is 0.880 bits per heavy atom. The van der Waals surface area contributed by atoms with E-state index in [1.807, 2.05) is 4.90 Å². The van der Waals surface area contributed by atoms with Gasteiger partial charge in [0.15, 0.2) is 0 Å². The van der Waals surface area contributed by atoms with E-state index in [4.69, 9.17) is 0 Å².